The Morgan fingerprint density at radius 1 is 1.53 bits per heavy atom. The van der Waals surface area contributed by atoms with Crippen molar-refractivity contribution in [2.45, 2.75) is 38.3 Å². The second-order valence-electron chi connectivity index (χ2n) is 4.37. The summed E-state index contributed by atoms with van der Waals surface area (Å²) in [5.74, 6) is 0. The number of ether oxygens (including phenoxy) is 1. The molecule has 2 heterocycles. The molecule has 1 aromatic heterocycles. The van der Waals surface area contributed by atoms with E-state index in [0.717, 1.165) is 31.7 Å². The molecule has 1 atom stereocenters. The average Bonchev–Trinajstić information content (AvgIpc) is 2.84. The highest BCUT2D eigenvalue weighted by Crippen LogP contribution is 2.16. The molecule has 0 aromatic carbocycles. The highest BCUT2D eigenvalue weighted by Gasteiger charge is 2.12. The Bertz CT molecular complexity index is 377. The van der Waals surface area contributed by atoms with Crippen LogP contribution in [0.25, 0.3) is 0 Å². The Morgan fingerprint density at radius 2 is 2.47 bits per heavy atom. The van der Waals surface area contributed by atoms with Gasteiger partial charge in [-0.2, -0.15) is 5.26 Å². The van der Waals surface area contributed by atoms with Crippen LogP contribution < -0.4 is 5.32 Å². The molecule has 1 aliphatic rings. The van der Waals surface area contributed by atoms with Gasteiger partial charge in [0, 0.05) is 23.4 Å². The smallest absolute Gasteiger partial charge is 0.100 e. The Kier molecular flexibility index (Phi) is 4.99. The number of nitriles is 1. The predicted molar refractivity (Wildman–Crippen MR) is 68.9 cm³/mol. The first-order valence-electron chi connectivity index (χ1n) is 6.18. The van der Waals surface area contributed by atoms with Crippen LogP contribution in [0.2, 0.25) is 0 Å². The van der Waals surface area contributed by atoms with Gasteiger partial charge in [-0.25, -0.2) is 0 Å². The molecule has 1 aliphatic heterocycles. The third-order valence-electron chi connectivity index (χ3n) is 3.00. The normalized spacial score (nSPS) is 20.1. The van der Waals surface area contributed by atoms with Gasteiger partial charge in [-0.1, -0.05) is 0 Å². The first-order chi connectivity index (χ1) is 8.38. The van der Waals surface area contributed by atoms with Crippen LogP contribution in [-0.2, 0) is 11.3 Å². The van der Waals surface area contributed by atoms with Crippen molar-refractivity contribution in [2.24, 2.45) is 0 Å². The summed E-state index contributed by atoms with van der Waals surface area (Å²) in [6.45, 7) is 2.78. The second kappa shape index (κ2) is 6.75. The monoisotopic (exact) mass is 250 g/mol. The zero-order valence-electron chi connectivity index (χ0n) is 9.95. The van der Waals surface area contributed by atoms with E-state index in [4.69, 9.17) is 10.00 Å². The Morgan fingerprint density at radius 3 is 3.18 bits per heavy atom. The standard InChI is InChI=1S/C13H18N2OS/c14-8-11-7-13(17-10-11)9-15-5-4-12-3-1-2-6-16-12/h7,10,12,15H,1-6,9H2. The third kappa shape index (κ3) is 4.12. The third-order valence-corrected chi connectivity index (χ3v) is 3.94. The van der Waals surface area contributed by atoms with Gasteiger partial charge in [0.2, 0.25) is 0 Å². The molecule has 0 spiro atoms. The van der Waals surface area contributed by atoms with E-state index >= 15 is 0 Å². The van der Waals surface area contributed by atoms with E-state index in [9.17, 15) is 0 Å². The van der Waals surface area contributed by atoms with E-state index in [2.05, 4.69) is 11.4 Å². The van der Waals surface area contributed by atoms with Gasteiger partial charge in [0.25, 0.3) is 0 Å². The summed E-state index contributed by atoms with van der Waals surface area (Å²) in [5.41, 5.74) is 0.766. The van der Waals surface area contributed by atoms with Gasteiger partial charge in [-0.05, 0) is 38.3 Å². The number of thiophene rings is 1. The van der Waals surface area contributed by atoms with Crippen molar-refractivity contribution in [2.75, 3.05) is 13.2 Å². The lowest BCUT2D eigenvalue weighted by molar-refractivity contribution is 0.0115. The summed E-state index contributed by atoms with van der Waals surface area (Å²) >= 11 is 1.64. The zero-order chi connectivity index (χ0) is 11.9. The molecule has 0 amide bonds. The molecule has 17 heavy (non-hydrogen) atoms. The van der Waals surface area contributed by atoms with Crippen molar-refractivity contribution in [3.63, 3.8) is 0 Å². The minimum Gasteiger partial charge on any atom is -0.378 e. The van der Waals surface area contributed by atoms with Gasteiger partial charge < -0.3 is 10.1 Å². The minimum absolute atomic E-state index is 0.453. The van der Waals surface area contributed by atoms with Crippen LogP contribution >= 0.6 is 11.3 Å². The van der Waals surface area contributed by atoms with Crippen molar-refractivity contribution in [3.05, 3.63) is 21.9 Å². The fourth-order valence-electron chi connectivity index (χ4n) is 2.04. The minimum atomic E-state index is 0.453. The van der Waals surface area contributed by atoms with Gasteiger partial charge in [-0.15, -0.1) is 11.3 Å². The van der Waals surface area contributed by atoms with Crippen LogP contribution in [0.1, 0.15) is 36.1 Å². The Hall–Kier alpha value is -0.890. The SMILES string of the molecule is N#Cc1csc(CNCCC2CCCCO2)c1. The molecule has 3 nitrogen and oxygen atoms in total. The molecule has 2 rings (SSSR count). The topological polar surface area (TPSA) is 45.0 Å². The van der Waals surface area contributed by atoms with Crippen LogP contribution in [0.15, 0.2) is 11.4 Å². The maximum absolute atomic E-state index is 8.71. The predicted octanol–water partition coefficient (Wildman–Crippen LogP) is 2.67. The average molecular weight is 250 g/mol. The number of rotatable bonds is 5. The van der Waals surface area contributed by atoms with Crippen LogP contribution in [0.4, 0.5) is 0 Å². The van der Waals surface area contributed by atoms with E-state index in [1.165, 1.54) is 24.1 Å². The van der Waals surface area contributed by atoms with Gasteiger partial charge in [-0.3, -0.25) is 0 Å². The Balaban J connectivity index is 1.61. The molecule has 4 heteroatoms. The van der Waals surface area contributed by atoms with Gasteiger partial charge in [0.05, 0.1) is 11.7 Å². The highest BCUT2D eigenvalue weighted by molar-refractivity contribution is 7.10. The molecule has 1 N–H and O–H groups in total. The molecule has 0 bridgehead atoms. The quantitative estimate of drug-likeness (QED) is 0.817. The first kappa shape index (κ1) is 12.6. The van der Waals surface area contributed by atoms with Gasteiger partial charge >= 0.3 is 0 Å². The number of hydrogen-bond donors (Lipinski definition) is 1. The van der Waals surface area contributed by atoms with E-state index in [0.29, 0.717) is 6.10 Å². The molecule has 1 unspecified atom stereocenters. The van der Waals surface area contributed by atoms with E-state index in [1.807, 2.05) is 11.4 Å². The lowest BCUT2D eigenvalue weighted by atomic mass is 10.1. The maximum atomic E-state index is 8.71. The molecule has 0 radical (unpaired) electrons. The van der Waals surface area contributed by atoms with Crippen molar-refractivity contribution in [1.82, 2.24) is 5.32 Å². The summed E-state index contributed by atoms with van der Waals surface area (Å²) in [7, 11) is 0. The Labute approximate surface area is 106 Å². The summed E-state index contributed by atoms with van der Waals surface area (Å²) in [6.07, 6.45) is 5.28. The first-order valence-corrected chi connectivity index (χ1v) is 7.06. The largest absolute Gasteiger partial charge is 0.378 e. The van der Waals surface area contributed by atoms with Crippen molar-refractivity contribution < 1.29 is 4.74 Å². The van der Waals surface area contributed by atoms with Crippen LogP contribution in [0, 0.1) is 11.3 Å². The van der Waals surface area contributed by atoms with Crippen LogP contribution in [-0.4, -0.2) is 19.3 Å². The fourth-order valence-corrected chi connectivity index (χ4v) is 2.82. The lowest BCUT2D eigenvalue weighted by Gasteiger charge is -2.22. The molecule has 1 fully saturated rings. The summed E-state index contributed by atoms with van der Waals surface area (Å²) in [6, 6.07) is 4.11. The molecular weight excluding hydrogens is 232 g/mol. The van der Waals surface area contributed by atoms with Crippen LogP contribution in [0.5, 0.6) is 0 Å². The zero-order valence-corrected chi connectivity index (χ0v) is 10.8. The molecule has 1 aromatic rings. The number of nitrogens with zero attached hydrogens (tertiary/aromatic N) is 1. The number of hydrogen-bond acceptors (Lipinski definition) is 4. The summed E-state index contributed by atoms with van der Waals surface area (Å²) < 4.78 is 5.67. The highest BCUT2D eigenvalue weighted by atomic mass is 32.1. The molecular formula is C13H18N2OS. The van der Waals surface area contributed by atoms with E-state index in [1.54, 1.807) is 11.3 Å². The number of nitrogens with one attached hydrogen (secondary N) is 1. The van der Waals surface area contributed by atoms with Crippen molar-refractivity contribution >= 4 is 11.3 Å². The lowest BCUT2D eigenvalue weighted by Crippen LogP contribution is -2.24. The molecule has 0 saturated carbocycles. The molecule has 0 aliphatic carbocycles. The van der Waals surface area contributed by atoms with Crippen LogP contribution in [0.3, 0.4) is 0 Å². The molecule has 92 valence electrons. The van der Waals surface area contributed by atoms with Gasteiger partial charge in [0.15, 0.2) is 0 Å². The molecule has 1 saturated heterocycles. The van der Waals surface area contributed by atoms with Gasteiger partial charge in [0.1, 0.15) is 6.07 Å². The maximum Gasteiger partial charge on any atom is 0.100 e. The van der Waals surface area contributed by atoms with Crippen molar-refractivity contribution in [3.8, 4) is 6.07 Å². The van der Waals surface area contributed by atoms with Crippen molar-refractivity contribution in [1.29, 1.82) is 5.26 Å². The summed E-state index contributed by atoms with van der Waals surface area (Å²) in [5, 5.41) is 14.0. The summed E-state index contributed by atoms with van der Waals surface area (Å²) in [4.78, 5) is 1.23. The fraction of sp³-hybridized carbons (Fsp3) is 0.615. The van der Waals surface area contributed by atoms with E-state index in [-0.39, 0.29) is 0 Å². The second-order valence-corrected chi connectivity index (χ2v) is 5.36. The van der Waals surface area contributed by atoms with E-state index < -0.39 is 0 Å².